The van der Waals surface area contributed by atoms with Crippen LogP contribution in [0.4, 0.5) is 13.6 Å². The second kappa shape index (κ2) is 8.07. The van der Waals surface area contributed by atoms with E-state index in [1.165, 1.54) is 6.92 Å². The van der Waals surface area contributed by atoms with Crippen LogP contribution in [0.3, 0.4) is 0 Å². The van der Waals surface area contributed by atoms with E-state index in [-0.39, 0.29) is 18.1 Å². The molecule has 7 heteroatoms. The zero-order valence-electron chi connectivity index (χ0n) is 17.5. The highest BCUT2D eigenvalue weighted by molar-refractivity contribution is 5.85. The van der Waals surface area contributed by atoms with Gasteiger partial charge in [-0.25, -0.2) is 18.4 Å². The Hall–Kier alpha value is -3.74. The number of alkyl carbamates (subject to hydrolysis) is 1. The van der Waals surface area contributed by atoms with Gasteiger partial charge >= 0.3 is 12.1 Å². The van der Waals surface area contributed by atoms with Crippen LogP contribution in [-0.2, 0) is 15.1 Å². The minimum atomic E-state index is -2.22. The van der Waals surface area contributed by atoms with Gasteiger partial charge in [0.15, 0.2) is 5.54 Å². The molecule has 32 heavy (non-hydrogen) atoms. The van der Waals surface area contributed by atoms with E-state index >= 15 is 0 Å². The van der Waals surface area contributed by atoms with Crippen molar-refractivity contribution in [1.29, 1.82) is 0 Å². The number of nitrogens with one attached hydrogen (secondary N) is 1. The molecule has 1 unspecified atom stereocenters. The Balaban J connectivity index is 1.56. The summed E-state index contributed by atoms with van der Waals surface area (Å²) in [4.78, 5) is 24.5. The molecule has 3 aromatic carbocycles. The molecular formula is C25H21F2NO4. The molecule has 0 heterocycles. The van der Waals surface area contributed by atoms with Crippen LogP contribution in [0.15, 0.2) is 60.7 Å². The zero-order valence-corrected chi connectivity index (χ0v) is 17.5. The number of rotatable bonds is 5. The van der Waals surface area contributed by atoms with Crippen LogP contribution < -0.4 is 5.32 Å². The quantitative estimate of drug-likeness (QED) is 0.582. The highest BCUT2D eigenvalue weighted by Gasteiger charge is 2.41. The van der Waals surface area contributed by atoms with Crippen molar-refractivity contribution >= 4 is 12.1 Å². The molecule has 3 aromatic rings. The summed E-state index contributed by atoms with van der Waals surface area (Å²) in [7, 11) is 0. The fraction of sp³-hybridized carbons (Fsp3) is 0.200. The van der Waals surface area contributed by atoms with Gasteiger partial charge in [-0.3, -0.25) is 0 Å². The van der Waals surface area contributed by atoms with Crippen LogP contribution >= 0.6 is 0 Å². The largest absolute Gasteiger partial charge is 0.479 e. The lowest BCUT2D eigenvalue weighted by Gasteiger charge is -2.27. The second-order valence-electron chi connectivity index (χ2n) is 7.96. The van der Waals surface area contributed by atoms with Gasteiger partial charge in [0.1, 0.15) is 18.2 Å². The van der Waals surface area contributed by atoms with E-state index in [0.29, 0.717) is 0 Å². The minimum Gasteiger partial charge on any atom is -0.479 e. The maximum Gasteiger partial charge on any atom is 0.408 e. The van der Waals surface area contributed by atoms with Crippen LogP contribution in [0, 0.1) is 18.6 Å². The van der Waals surface area contributed by atoms with Crippen LogP contribution in [0.25, 0.3) is 11.1 Å². The summed E-state index contributed by atoms with van der Waals surface area (Å²) in [6.45, 7) is 2.41. The molecule has 1 aliphatic rings. The molecule has 0 aromatic heterocycles. The predicted octanol–water partition coefficient (Wildman–Crippen LogP) is 5.11. The molecule has 0 fully saturated rings. The standard InChI is InChI=1S/C25H21F2NO4/c1-14-11-22(27)20(12-21(14)26)25(2,23(29)30)28-24(31)32-13-19-17-9-5-3-7-15(17)16-8-4-6-10-18(16)19/h3-12,19H,13H2,1-2H3,(H,28,31)(H,29,30). The van der Waals surface area contributed by atoms with Crippen molar-refractivity contribution in [3.8, 4) is 11.1 Å². The monoisotopic (exact) mass is 437 g/mol. The summed E-state index contributed by atoms with van der Waals surface area (Å²) in [5, 5.41) is 11.9. The van der Waals surface area contributed by atoms with Gasteiger partial charge in [0.2, 0.25) is 0 Å². The Morgan fingerprint density at radius 1 is 1.00 bits per heavy atom. The SMILES string of the molecule is Cc1cc(F)c(C(C)(NC(=O)OCC2c3ccccc3-c3ccccc32)C(=O)O)cc1F. The zero-order chi connectivity index (χ0) is 23.0. The molecule has 164 valence electrons. The van der Waals surface area contributed by atoms with Gasteiger partial charge in [-0.2, -0.15) is 0 Å². The van der Waals surface area contributed by atoms with Gasteiger partial charge < -0.3 is 15.2 Å². The van der Waals surface area contributed by atoms with Gasteiger partial charge in [0.25, 0.3) is 0 Å². The van der Waals surface area contributed by atoms with Crippen molar-refractivity contribution in [2.45, 2.75) is 25.3 Å². The fourth-order valence-electron chi connectivity index (χ4n) is 4.10. The summed E-state index contributed by atoms with van der Waals surface area (Å²) in [5.74, 6) is -3.48. The number of halogens is 2. The van der Waals surface area contributed by atoms with Gasteiger partial charge in [0.05, 0.1) is 0 Å². The van der Waals surface area contributed by atoms with Gasteiger partial charge in [0, 0.05) is 11.5 Å². The van der Waals surface area contributed by atoms with E-state index in [9.17, 15) is 23.5 Å². The number of hydrogen-bond donors (Lipinski definition) is 2. The number of aryl methyl sites for hydroxylation is 1. The lowest BCUT2D eigenvalue weighted by molar-refractivity contribution is -0.144. The van der Waals surface area contributed by atoms with Gasteiger partial charge in [-0.1, -0.05) is 48.5 Å². The number of carbonyl (C=O) groups is 2. The summed E-state index contributed by atoms with van der Waals surface area (Å²) in [6, 6.07) is 17.2. The average molecular weight is 437 g/mol. The molecule has 0 spiro atoms. The van der Waals surface area contributed by atoms with Crippen LogP contribution in [0.5, 0.6) is 0 Å². The van der Waals surface area contributed by atoms with Crippen molar-refractivity contribution in [3.05, 3.63) is 94.6 Å². The van der Waals surface area contributed by atoms with Gasteiger partial charge in [-0.15, -0.1) is 0 Å². The van der Waals surface area contributed by atoms with E-state index in [2.05, 4.69) is 5.32 Å². The van der Waals surface area contributed by atoms with E-state index in [0.717, 1.165) is 41.3 Å². The number of carboxylic acid groups (broad SMARTS) is 1. The summed E-state index contributed by atoms with van der Waals surface area (Å²) in [5.41, 5.74) is 1.39. The van der Waals surface area contributed by atoms with E-state index in [1.54, 1.807) is 0 Å². The summed E-state index contributed by atoms with van der Waals surface area (Å²) >= 11 is 0. The number of hydrogen-bond acceptors (Lipinski definition) is 3. The summed E-state index contributed by atoms with van der Waals surface area (Å²) in [6.07, 6.45) is -1.04. The van der Waals surface area contributed by atoms with Crippen LogP contribution in [-0.4, -0.2) is 23.8 Å². The molecule has 0 saturated carbocycles. The second-order valence-corrected chi connectivity index (χ2v) is 7.96. The van der Waals surface area contributed by atoms with Crippen molar-refractivity contribution in [3.63, 3.8) is 0 Å². The number of ether oxygens (including phenoxy) is 1. The first kappa shape index (κ1) is 21.5. The number of amides is 1. The third-order valence-corrected chi connectivity index (χ3v) is 5.91. The molecule has 0 saturated heterocycles. The third kappa shape index (κ3) is 3.60. The Kier molecular flexibility index (Phi) is 5.42. The van der Waals surface area contributed by atoms with Crippen molar-refractivity contribution in [2.24, 2.45) is 0 Å². The van der Waals surface area contributed by atoms with Crippen LogP contribution in [0.2, 0.25) is 0 Å². The lowest BCUT2D eigenvalue weighted by atomic mass is 9.90. The molecule has 4 rings (SSSR count). The van der Waals surface area contributed by atoms with Crippen molar-refractivity contribution in [2.75, 3.05) is 6.61 Å². The Morgan fingerprint density at radius 2 is 1.56 bits per heavy atom. The maximum atomic E-state index is 14.5. The minimum absolute atomic E-state index is 0.0279. The first-order chi connectivity index (χ1) is 15.2. The highest BCUT2D eigenvalue weighted by atomic mass is 19.1. The molecule has 1 aliphatic carbocycles. The predicted molar refractivity (Wildman–Crippen MR) is 114 cm³/mol. The Morgan fingerprint density at radius 3 is 2.12 bits per heavy atom. The molecule has 0 bridgehead atoms. The molecule has 1 atom stereocenters. The topological polar surface area (TPSA) is 75.6 Å². The van der Waals surface area contributed by atoms with Crippen molar-refractivity contribution < 1.29 is 28.2 Å². The molecule has 0 aliphatic heterocycles. The lowest BCUT2D eigenvalue weighted by Crippen LogP contribution is -2.50. The molecule has 1 amide bonds. The number of carboxylic acids is 1. The third-order valence-electron chi connectivity index (χ3n) is 5.91. The molecular weight excluding hydrogens is 416 g/mol. The molecule has 0 radical (unpaired) electrons. The highest BCUT2D eigenvalue weighted by Crippen LogP contribution is 2.44. The number of aliphatic carboxylic acids is 1. The van der Waals surface area contributed by atoms with E-state index in [4.69, 9.17) is 4.74 Å². The Bertz CT molecular complexity index is 1180. The Labute approximate surface area is 183 Å². The van der Waals surface area contributed by atoms with Crippen LogP contribution in [0.1, 0.15) is 35.1 Å². The normalized spacial score (nSPS) is 14.2. The first-order valence-electron chi connectivity index (χ1n) is 10.0. The number of benzene rings is 3. The smallest absolute Gasteiger partial charge is 0.408 e. The van der Waals surface area contributed by atoms with E-state index < -0.39 is 34.8 Å². The maximum absolute atomic E-state index is 14.5. The van der Waals surface area contributed by atoms with Gasteiger partial charge in [-0.05, 0) is 53.8 Å². The van der Waals surface area contributed by atoms with E-state index in [1.807, 2.05) is 48.5 Å². The first-order valence-corrected chi connectivity index (χ1v) is 10.0. The molecule has 5 nitrogen and oxygen atoms in total. The number of fused-ring (bicyclic) bond motifs is 3. The van der Waals surface area contributed by atoms with Crippen molar-refractivity contribution in [1.82, 2.24) is 5.32 Å². The molecule has 2 N–H and O–H groups in total. The average Bonchev–Trinajstić information content (AvgIpc) is 3.08. The number of carbonyl (C=O) groups excluding carboxylic acids is 1. The fourth-order valence-corrected chi connectivity index (χ4v) is 4.10. The summed E-state index contributed by atoms with van der Waals surface area (Å²) < 4.78 is 33.9.